The van der Waals surface area contributed by atoms with Gasteiger partial charge in [-0.25, -0.2) is 0 Å². The van der Waals surface area contributed by atoms with Crippen LogP contribution in [0, 0.1) is 17.2 Å². The van der Waals surface area contributed by atoms with E-state index in [0.29, 0.717) is 16.4 Å². The number of carbonyl (C=O) groups excluding carboxylic acids is 1. The summed E-state index contributed by atoms with van der Waals surface area (Å²) in [5, 5.41) is 13.3. The molecule has 1 heterocycles. The zero-order chi connectivity index (χ0) is 16.7. The first kappa shape index (κ1) is 15.6. The van der Waals surface area contributed by atoms with Gasteiger partial charge in [-0.2, -0.15) is 5.26 Å². The molecule has 0 saturated heterocycles. The standard InChI is InChI=1S/C19H21N3OS/c20-11-12-5-6-14-10-16(24-15(14)9-12)18(23)22-17(19(21)7-8-19)13-3-1-2-4-13/h5-6,9-10,13,17H,1-4,7-8,21H2,(H,22,23). The maximum atomic E-state index is 12.8. The summed E-state index contributed by atoms with van der Waals surface area (Å²) >= 11 is 1.45. The van der Waals surface area contributed by atoms with Crippen LogP contribution >= 0.6 is 11.3 Å². The molecule has 4 rings (SSSR count). The molecular formula is C19H21N3OS. The predicted octanol–water partition coefficient (Wildman–Crippen LogP) is 3.55. The lowest BCUT2D eigenvalue weighted by molar-refractivity contribution is 0.0912. The molecule has 2 aliphatic rings. The molecule has 5 heteroatoms. The van der Waals surface area contributed by atoms with Crippen LogP contribution in [0.15, 0.2) is 24.3 Å². The number of hydrogen-bond donors (Lipinski definition) is 2. The van der Waals surface area contributed by atoms with Crippen molar-refractivity contribution >= 4 is 27.3 Å². The van der Waals surface area contributed by atoms with Gasteiger partial charge in [-0.05, 0) is 55.2 Å². The zero-order valence-electron chi connectivity index (χ0n) is 13.5. The van der Waals surface area contributed by atoms with Crippen molar-refractivity contribution < 1.29 is 4.79 Å². The molecule has 0 bridgehead atoms. The summed E-state index contributed by atoms with van der Waals surface area (Å²) < 4.78 is 0.977. The Morgan fingerprint density at radius 3 is 2.75 bits per heavy atom. The molecule has 0 aliphatic heterocycles. The molecule has 1 amide bonds. The number of hydrogen-bond acceptors (Lipinski definition) is 4. The SMILES string of the molecule is N#Cc1ccc2cc(C(=O)NC(C3CCCC3)C3(N)CC3)sc2c1. The smallest absolute Gasteiger partial charge is 0.261 e. The third kappa shape index (κ3) is 2.81. The molecule has 1 atom stereocenters. The van der Waals surface area contributed by atoms with E-state index in [-0.39, 0.29) is 17.5 Å². The van der Waals surface area contributed by atoms with Crippen LogP contribution < -0.4 is 11.1 Å². The van der Waals surface area contributed by atoms with Crippen LogP contribution in [-0.4, -0.2) is 17.5 Å². The number of rotatable bonds is 4. The van der Waals surface area contributed by atoms with Crippen molar-refractivity contribution in [2.24, 2.45) is 11.7 Å². The average molecular weight is 339 g/mol. The highest BCUT2D eigenvalue weighted by Crippen LogP contribution is 2.43. The van der Waals surface area contributed by atoms with Gasteiger partial charge in [0.15, 0.2) is 0 Å². The lowest BCUT2D eigenvalue weighted by atomic mass is 9.90. The number of nitriles is 1. The van der Waals surface area contributed by atoms with Gasteiger partial charge >= 0.3 is 0 Å². The van der Waals surface area contributed by atoms with Gasteiger partial charge < -0.3 is 11.1 Å². The van der Waals surface area contributed by atoms with Crippen molar-refractivity contribution in [3.05, 3.63) is 34.7 Å². The Morgan fingerprint density at radius 1 is 1.33 bits per heavy atom. The topological polar surface area (TPSA) is 78.9 Å². The molecular weight excluding hydrogens is 318 g/mol. The second-order valence-corrected chi connectivity index (χ2v) is 8.29. The molecule has 0 radical (unpaired) electrons. The molecule has 4 nitrogen and oxygen atoms in total. The van der Waals surface area contributed by atoms with Gasteiger partial charge in [0.05, 0.1) is 16.5 Å². The van der Waals surface area contributed by atoms with Gasteiger partial charge in [0.2, 0.25) is 0 Å². The van der Waals surface area contributed by atoms with E-state index < -0.39 is 0 Å². The maximum absolute atomic E-state index is 12.8. The number of thiophene rings is 1. The highest BCUT2D eigenvalue weighted by molar-refractivity contribution is 7.20. The Balaban J connectivity index is 1.57. The first-order valence-electron chi connectivity index (χ1n) is 8.62. The summed E-state index contributed by atoms with van der Waals surface area (Å²) in [5.74, 6) is 0.490. The maximum Gasteiger partial charge on any atom is 0.261 e. The predicted molar refractivity (Wildman–Crippen MR) is 95.9 cm³/mol. The summed E-state index contributed by atoms with van der Waals surface area (Å²) in [5.41, 5.74) is 6.89. The fourth-order valence-corrected chi connectivity index (χ4v) is 4.91. The molecule has 0 spiro atoms. The highest BCUT2D eigenvalue weighted by atomic mass is 32.1. The van der Waals surface area contributed by atoms with Gasteiger partial charge in [-0.15, -0.1) is 11.3 Å². The average Bonchev–Trinajstić information content (AvgIpc) is 3.03. The van der Waals surface area contributed by atoms with E-state index in [1.165, 1.54) is 37.0 Å². The number of benzene rings is 1. The van der Waals surface area contributed by atoms with Gasteiger partial charge in [0.25, 0.3) is 5.91 Å². The third-order valence-electron chi connectivity index (χ3n) is 5.48. The second-order valence-electron chi connectivity index (χ2n) is 7.20. The summed E-state index contributed by atoms with van der Waals surface area (Å²) in [6.07, 6.45) is 6.84. The number of nitrogens with one attached hydrogen (secondary N) is 1. The van der Waals surface area contributed by atoms with Gasteiger partial charge in [0.1, 0.15) is 0 Å². The van der Waals surface area contributed by atoms with Crippen molar-refractivity contribution in [3.63, 3.8) is 0 Å². The first-order chi connectivity index (χ1) is 11.6. The minimum absolute atomic E-state index is 0.0247. The van der Waals surface area contributed by atoms with Crippen LogP contribution in [0.25, 0.3) is 10.1 Å². The van der Waals surface area contributed by atoms with Crippen LogP contribution in [0.3, 0.4) is 0 Å². The van der Waals surface area contributed by atoms with Crippen LogP contribution in [0.1, 0.15) is 53.8 Å². The lowest BCUT2D eigenvalue weighted by Crippen LogP contribution is -2.53. The largest absolute Gasteiger partial charge is 0.346 e. The third-order valence-corrected chi connectivity index (χ3v) is 6.57. The second kappa shape index (κ2) is 5.87. The first-order valence-corrected chi connectivity index (χ1v) is 9.44. The van der Waals surface area contributed by atoms with Crippen LogP contribution in [0.5, 0.6) is 0 Å². The Bertz CT molecular complexity index is 825. The Morgan fingerprint density at radius 2 is 2.08 bits per heavy atom. The number of nitrogens with zero attached hydrogens (tertiary/aromatic N) is 1. The molecule has 1 aromatic carbocycles. The van der Waals surface area contributed by atoms with Crippen molar-refractivity contribution in [1.82, 2.24) is 5.32 Å². The van der Waals surface area contributed by atoms with Gasteiger partial charge in [-0.3, -0.25) is 4.79 Å². The lowest BCUT2D eigenvalue weighted by Gasteiger charge is -2.30. The Kier molecular flexibility index (Phi) is 3.82. The summed E-state index contributed by atoms with van der Waals surface area (Å²) in [7, 11) is 0. The Labute approximate surface area is 145 Å². The van der Waals surface area contributed by atoms with Crippen molar-refractivity contribution in [2.45, 2.75) is 50.1 Å². The van der Waals surface area contributed by atoms with Crippen molar-refractivity contribution in [2.75, 3.05) is 0 Å². The van der Waals surface area contributed by atoms with E-state index in [4.69, 9.17) is 11.0 Å². The van der Waals surface area contributed by atoms with Crippen molar-refractivity contribution in [3.8, 4) is 6.07 Å². The Hall–Kier alpha value is -1.90. The van der Waals surface area contributed by atoms with Crippen LogP contribution in [0.2, 0.25) is 0 Å². The number of nitrogens with two attached hydrogens (primary N) is 1. The molecule has 2 aliphatic carbocycles. The fraction of sp³-hybridized carbons (Fsp3) is 0.474. The van der Waals surface area contributed by atoms with E-state index in [9.17, 15) is 4.79 Å². The molecule has 24 heavy (non-hydrogen) atoms. The molecule has 2 saturated carbocycles. The highest BCUT2D eigenvalue weighted by Gasteiger charge is 2.50. The van der Waals surface area contributed by atoms with E-state index in [2.05, 4.69) is 11.4 Å². The summed E-state index contributed by atoms with van der Waals surface area (Å²) in [6.45, 7) is 0. The minimum Gasteiger partial charge on any atom is -0.346 e. The van der Waals surface area contributed by atoms with Crippen molar-refractivity contribution in [1.29, 1.82) is 5.26 Å². The zero-order valence-corrected chi connectivity index (χ0v) is 14.4. The molecule has 2 aromatic rings. The fourth-order valence-electron chi connectivity index (χ4n) is 3.90. The number of fused-ring (bicyclic) bond motifs is 1. The summed E-state index contributed by atoms with van der Waals surface area (Å²) in [4.78, 5) is 13.5. The molecule has 1 unspecified atom stereocenters. The molecule has 3 N–H and O–H groups in total. The quantitative estimate of drug-likeness (QED) is 0.894. The van der Waals surface area contributed by atoms with E-state index in [1.807, 2.05) is 18.2 Å². The van der Waals surface area contributed by atoms with E-state index in [0.717, 1.165) is 22.9 Å². The van der Waals surface area contributed by atoms with E-state index in [1.54, 1.807) is 6.07 Å². The van der Waals surface area contributed by atoms with Gasteiger partial charge in [0, 0.05) is 16.3 Å². The van der Waals surface area contributed by atoms with E-state index >= 15 is 0 Å². The number of carbonyl (C=O) groups is 1. The van der Waals surface area contributed by atoms with Gasteiger partial charge in [-0.1, -0.05) is 18.9 Å². The van der Waals surface area contributed by atoms with Crippen LogP contribution in [0.4, 0.5) is 0 Å². The number of amides is 1. The normalized spacial score (nSPS) is 20.7. The molecule has 2 fully saturated rings. The molecule has 124 valence electrons. The summed E-state index contributed by atoms with van der Waals surface area (Å²) in [6, 6.07) is 9.69. The monoisotopic (exact) mass is 339 g/mol. The minimum atomic E-state index is -0.199. The van der Waals surface area contributed by atoms with Crippen LogP contribution in [-0.2, 0) is 0 Å². The molecule has 1 aromatic heterocycles.